The van der Waals surface area contributed by atoms with Crippen molar-refractivity contribution in [2.24, 2.45) is 0 Å². The van der Waals surface area contributed by atoms with Crippen molar-refractivity contribution in [2.75, 3.05) is 42.1 Å². The summed E-state index contributed by atoms with van der Waals surface area (Å²) in [6.45, 7) is 6.73. The Bertz CT molecular complexity index is 1310. The monoisotopic (exact) mass is 527 g/mol. The zero-order chi connectivity index (χ0) is 25.7. The number of amides is 1. The van der Waals surface area contributed by atoms with Crippen molar-refractivity contribution >= 4 is 38.9 Å². The minimum atomic E-state index is -3.99. The van der Waals surface area contributed by atoms with Crippen LogP contribution in [0.2, 0.25) is 5.02 Å². The molecule has 1 saturated heterocycles. The zero-order valence-electron chi connectivity index (χ0n) is 20.4. The van der Waals surface area contributed by atoms with Gasteiger partial charge in [0, 0.05) is 30.3 Å². The van der Waals surface area contributed by atoms with Crippen molar-refractivity contribution in [3.63, 3.8) is 0 Å². The average molecular weight is 528 g/mol. The van der Waals surface area contributed by atoms with Gasteiger partial charge in [0.2, 0.25) is 5.91 Å². The van der Waals surface area contributed by atoms with Crippen LogP contribution in [0.5, 0.6) is 0 Å². The normalized spacial score (nSPS) is 13.9. The molecule has 0 aromatic heterocycles. The first-order chi connectivity index (χ1) is 17.2. The number of sulfonamides is 1. The zero-order valence-corrected chi connectivity index (χ0v) is 22.0. The molecule has 0 atom stereocenters. The summed E-state index contributed by atoms with van der Waals surface area (Å²) in [5, 5.41) is 3.35. The van der Waals surface area contributed by atoms with Crippen molar-refractivity contribution in [1.82, 2.24) is 5.32 Å². The number of morpholine rings is 1. The highest BCUT2D eigenvalue weighted by Gasteiger charge is 2.28. The number of carbonyl (C=O) groups excluding carboxylic acids is 1. The Balaban J connectivity index is 1.49. The summed E-state index contributed by atoms with van der Waals surface area (Å²) in [5.74, 6) is -0.405. The third kappa shape index (κ3) is 6.19. The highest BCUT2D eigenvalue weighted by molar-refractivity contribution is 7.92. The lowest BCUT2D eigenvalue weighted by Gasteiger charge is -2.29. The van der Waals surface area contributed by atoms with Crippen LogP contribution in [0.4, 0.5) is 11.4 Å². The van der Waals surface area contributed by atoms with Gasteiger partial charge < -0.3 is 15.0 Å². The van der Waals surface area contributed by atoms with E-state index in [-0.39, 0.29) is 11.4 Å². The van der Waals surface area contributed by atoms with Crippen molar-refractivity contribution < 1.29 is 17.9 Å². The van der Waals surface area contributed by atoms with E-state index in [9.17, 15) is 13.2 Å². The SMILES string of the molecule is Cc1ccc(S(=O)(=O)N(CC(=O)NCc2ccc(N3CCOCC3)cc2)c2ccc(Cl)cc2C)cc1. The van der Waals surface area contributed by atoms with Gasteiger partial charge in [-0.3, -0.25) is 9.10 Å². The number of nitrogens with one attached hydrogen (secondary N) is 1. The molecule has 0 bridgehead atoms. The summed E-state index contributed by atoms with van der Waals surface area (Å²) < 4.78 is 33.7. The van der Waals surface area contributed by atoms with Gasteiger partial charge in [0.05, 0.1) is 23.8 Å². The first-order valence-electron chi connectivity index (χ1n) is 11.8. The van der Waals surface area contributed by atoms with Crippen molar-refractivity contribution in [3.05, 3.63) is 88.4 Å². The van der Waals surface area contributed by atoms with Crippen molar-refractivity contribution in [3.8, 4) is 0 Å². The number of anilines is 2. The van der Waals surface area contributed by atoms with E-state index in [2.05, 4.69) is 10.2 Å². The van der Waals surface area contributed by atoms with E-state index in [1.807, 2.05) is 31.2 Å². The number of benzene rings is 3. The van der Waals surface area contributed by atoms with Crippen LogP contribution in [0.1, 0.15) is 16.7 Å². The first-order valence-corrected chi connectivity index (χ1v) is 13.6. The molecule has 3 aromatic carbocycles. The smallest absolute Gasteiger partial charge is 0.264 e. The van der Waals surface area contributed by atoms with Crippen LogP contribution >= 0.6 is 11.6 Å². The molecule has 190 valence electrons. The van der Waals surface area contributed by atoms with Crippen LogP contribution in [0, 0.1) is 13.8 Å². The lowest BCUT2D eigenvalue weighted by Crippen LogP contribution is -2.41. The second-order valence-electron chi connectivity index (χ2n) is 8.80. The van der Waals surface area contributed by atoms with Crippen molar-refractivity contribution in [1.29, 1.82) is 0 Å². The fraction of sp³-hybridized carbons (Fsp3) is 0.296. The van der Waals surface area contributed by atoms with Gasteiger partial charge in [0.25, 0.3) is 10.0 Å². The van der Waals surface area contributed by atoms with Crippen LogP contribution in [0.15, 0.2) is 71.6 Å². The second-order valence-corrected chi connectivity index (χ2v) is 11.1. The van der Waals surface area contributed by atoms with Crippen LogP contribution < -0.4 is 14.5 Å². The molecule has 4 rings (SSSR count). The minimum absolute atomic E-state index is 0.119. The quantitative estimate of drug-likeness (QED) is 0.472. The summed E-state index contributed by atoms with van der Waals surface area (Å²) in [5.41, 5.74) is 4.05. The van der Waals surface area contributed by atoms with Gasteiger partial charge >= 0.3 is 0 Å². The van der Waals surface area contributed by atoms with Gasteiger partial charge in [-0.2, -0.15) is 0 Å². The molecule has 1 aliphatic heterocycles. The van der Waals surface area contributed by atoms with Gasteiger partial charge in [-0.15, -0.1) is 0 Å². The molecule has 1 aliphatic rings. The Morgan fingerprint density at radius 3 is 2.31 bits per heavy atom. The van der Waals surface area contributed by atoms with Crippen LogP contribution in [-0.2, 0) is 26.1 Å². The Morgan fingerprint density at radius 1 is 1.00 bits per heavy atom. The maximum Gasteiger partial charge on any atom is 0.264 e. The van der Waals surface area contributed by atoms with E-state index in [0.29, 0.717) is 36.0 Å². The molecule has 36 heavy (non-hydrogen) atoms. The summed E-state index contributed by atoms with van der Waals surface area (Å²) in [6.07, 6.45) is 0. The molecule has 7 nitrogen and oxygen atoms in total. The summed E-state index contributed by atoms with van der Waals surface area (Å²) in [4.78, 5) is 15.3. The van der Waals surface area contributed by atoms with E-state index in [4.69, 9.17) is 16.3 Å². The largest absolute Gasteiger partial charge is 0.378 e. The Kier molecular flexibility index (Phi) is 8.18. The fourth-order valence-corrected chi connectivity index (χ4v) is 5.78. The number of hydrogen-bond donors (Lipinski definition) is 1. The number of halogens is 1. The molecule has 0 saturated carbocycles. The van der Waals surface area contributed by atoms with E-state index in [1.165, 1.54) is 0 Å². The van der Waals surface area contributed by atoms with Crippen LogP contribution in [0.25, 0.3) is 0 Å². The summed E-state index contributed by atoms with van der Waals surface area (Å²) in [7, 11) is -3.99. The molecule has 3 aromatic rings. The third-order valence-corrected chi connectivity index (χ3v) is 8.14. The highest BCUT2D eigenvalue weighted by atomic mass is 35.5. The molecule has 0 radical (unpaired) electrons. The number of nitrogens with zero attached hydrogens (tertiary/aromatic N) is 2. The Hall–Kier alpha value is -3.07. The molecule has 0 unspecified atom stereocenters. The predicted molar refractivity (Wildman–Crippen MR) is 143 cm³/mol. The van der Waals surface area contributed by atoms with E-state index in [0.717, 1.165) is 34.2 Å². The number of rotatable bonds is 8. The molecule has 1 fully saturated rings. The van der Waals surface area contributed by atoms with E-state index >= 15 is 0 Å². The average Bonchev–Trinajstić information content (AvgIpc) is 2.87. The minimum Gasteiger partial charge on any atom is -0.378 e. The van der Waals surface area contributed by atoms with Gasteiger partial charge in [-0.25, -0.2) is 8.42 Å². The van der Waals surface area contributed by atoms with E-state index < -0.39 is 15.9 Å². The topological polar surface area (TPSA) is 79.0 Å². The van der Waals surface area contributed by atoms with Crippen LogP contribution in [0.3, 0.4) is 0 Å². The maximum atomic E-state index is 13.6. The molecule has 0 aliphatic carbocycles. The third-order valence-electron chi connectivity index (χ3n) is 6.13. The molecular weight excluding hydrogens is 498 g/mol. The number of ether oxygens (including phenoxy) is 1. The fourth-order valence-electron chi connectivity index (χ4n) is 4.07. The van der Waals surface area contributed by atoms with Gasteiger partial charge in [-0.05, 0) is 67.4 Å². The Labute approximate surface area is 217 Å². The molecule has 9 heteroatoms. The molecule has 1 N–H and O–H groups in total. The number of aryl methyl sites for hydroxylation is 2. The molecular formula is C27H30ClN3O4S. The lowest BCUT2D eigenvalue weighted by atomic mass is 10.2. The Morgan fingerprint density at radius 2 is 1.67 bits per heavy atom. The molecule has 0 spiro atoms. The van der Waals surface area contributed by atoms with Gasteiger partial charge in [-0.1, -0.05) is 41.4 Å². The standard InChI is InChI=1S/C27H30ClN3O4S/c1-20-3-10-25(11-4-20)36(33,34)31(26-12-7-23(28)17-21(26)2)19-27(32)29-18-22-5-8-24(9-6-22)30-13-15-35-16-14-30/h3-12,17H,13-16,18-19H2,1-2H3,(H,29,32). The summed E-state index contributed by atoms with van der Waals surface area (Å²) in [6, 6.07) is 19.5. The van der Waals surface area contributed by atoms with Gasteiger partial charge in [0.15, 0.2) is 0 Å². The van der Waals surface area contributed by atoms with Crippen LogP contribution in [-0.4, -0.2) is 47.2 Å². The first kappa shape index (κ1) is 26.0. The van der Waals surface area contributed by atoms with E-state index in [1.54, 1.807) is 49.4 Å². The summed E-state index contributed by atoms with van der Waals surface area (Å²) >= 11 is 6.10. The predicted octanol–water partition coefficient (Wildman–Crippen LogP) is 4.31. The van der Waals surface area contributed by atoms with Crippen molar-refractivity contribution in [2.45, 2.75) is 25.3 Å². The molecule has 1 heterocycles. The number of carbonyl (C=O) groups is 1. The maximum absolute atomic E-state index is 13.6. The highest BCUT2D eigenvalue weighted by Crippen LogP contribution is 2.29. The van der Waals surface area contributed by atoms with Gasteiger partial charge in [0.1, 0.15) is 6.54 Å². The number of hydrogen-bond acceptors (Lipinski definition) is 5. The second kappa shape index (κ2) is 11.3. The lowest BCUT2D eigenvalue weighted by molar-refractivity contribution is -0.119. The molecule has 1 amide bonds.